The molecule has 6 heteroatoms. The topological polar surface area (TPSA) is 74.2 Å². The zero-order chi connectivity index (χ0) is 13.8. The molecule has 0 fully saturated rings. The SMILES string of the molecule is CC(C)C(N)c1noc(COc2cccc(Cl)c2)n1. The molecule has 0 aliphatic rings. The number of halogens is 1. The van der Waals surface area contributed by atoms with Crippen molar-refractivity contribution in [3.63, 3.8) is 0 Å². The largest absolute Gasteiger partial charge is 0.484 e. The van der Waals surface area contributed by atoms with Gasteiger partial charge in [0.1, 0.15) is 5.75 Å². The number of nitrogens with two attached hydrogens (primary N) is 1. The molecule has 0 saturated heterocycles. The molecule has 1 heterocycles. The van der Waals surface area contributed by atoms with Gasteiger partial charge in [-0.15, -0.1) is 0 Å². The van der Waals surface area contributed by atoms with Crippen LogP contribution in [0.5, 0.6) is 5.75 Å². The van der Waals surface area contributed by atoms with Crippen LogP contribution in [0, 0.1) is 5.92 Å². The number of nitrogens with zero attached hydrogens (tertiary/aromatic N) is 2. The fourth-order valence-electron chi connectivity index (χ4n) is 1.46. The van der Waals surface area contributed by atoms with E-state index >= 15 is 0 Å². The molecule has 0 aliphatic heterocycles. The van der Waals surface area contributed by atoms with E-state index in [0.717, 1.165) is 0 Å². The first-order chi connectivity index (χ1) is 9.06. The maximum Gasteiger partial charge on any atom is 0.264 e. The Morgan fingerprint density at radius 2 is 2.21 bits per heavy atom. The van der Waals surface area contributed by atoms with Gasteiger partial charge in [-0.2, -0.15) is 4.98 Å². The van der Waals surface area contributed by atoms with Crippen molar-refractivity contribution in [3.8, 4) is 5.75 Å². The van der Waals surface area contributed by atoms with E-state index in [0.29, 0.717) is 22.5 Å². The van der Waals surface area contributed by atoms with Crippen molar-refractivity contribution in [2.45, 2.75) is 26.5 Å². The van der Waals surface area contributed by atoms with Crippen molar-refractivity contribution in [2.75, 3.05) is 0 Å². The molecule has 0 aliphatic carbocycles. The Balaban J connectivity index is 1.97. The zero-order valence-corrected chi connectivity index (χ0v) is 11.6. The van der Waals surface area contributed by atoms with E-state index in [1.807, 2.05) is 26.0 Å². The monoisotopic (exact) mass is 281 g/mol. The van der Waals surface area contributed by atoms with Gasteiger partial charge < -0.3 is 15.0 Å². The van der Waals surface area contributed by atoms with Gasteiger partial charge in [-0.1, -0.05) is 36.7 Å². The number of rotatable bonds is 5. The lowest BCUT2D eigenvalue weighted by Crippen LogP contribution is -2.18. The average Bonchev–Trinajstić information content (AvgIpc) is 2.84. The van der Waals surface area contributed by atoms with Crippen molar-refractivity contribution in [3.05, 3.63) is 41.0 Å². The maximum atomic E-state index is 5.93. The Morgan fingerprint density at radius 1 is 1.42 bits per heavy atom. The second-order valence-corrected chi connectivity index (χ2v) is 5.00. The molecule has 0 saturated carbocycles. The minimum atomic E-state index is -0.233. The van der Waals surface area contributed by atoms with Crippen molar-refractivity contribution in [1.82, 2.24) is 10.1 Å². The van der Waals surface area contributed by atoms with Crippen LogP contribution >= 0.6 is 11.6 Å². The molecule has 1 aromatic heterocycles. The predicted molar refractivity (Wildman–Crippen MR) is 71.8 cm³/mol. The molecule has 0 amide bonds. The first-order valence-corrected chi connectivity index (χ1v) is 6.40. The zero-order valence-electron chi connectivity index (χ0n) is 10.8. The van der Waals surface area contributed by atoms with Crippen LogP contribution in [0.3, 0.4) is 0 Å². The van der Waals surface area contributed by atoms with E-state index in [1.54, 1.807) is 12.1 Å². The summed E-state index contributed by atoms with van der Waals surface area (Å²) in [5, 5.41) is 4.47. The molecule has 2 aromatic rings. The van der Waals surface area contributed by atoms with Crippen molar-refractivity contribution < 1.29 is 9.26 Å². The lowest BCUT2D eigenvalue weighted by Gasteiger charge is -2.09. The molecule has 19 heavy (non-hydrogen) atoms. The minimum Gasteiger partial charge on any atom is -0.484 e. The Kier molecular flexibility index (Phi) is 4.39. The van der Waals surface area contributed by atoms with Gasteiger partial charge in [0.15, 0.2) is 12.4 Å². The maximum absolute atomic E-state index is 5.93. The molecule has 2 rings (SSSR count). The molecule has 5 nitrogen and oxygen atoms in total. The van der Waals surface area contributed by atoms with Crippen LogP contribution in [-0.2, 0) is 6.61 Å². The van der Waals surface area contributed by atoms with E-state index in [2.05, 4.69) is 10.1 Å². The summed E-state index contributed by atoms with van der Waals surface area (Å²) in [6, 6.07) is 6.89. The number of hydrogen-bond donors (Lipinski definition) is 1. The lowest BCUT2D eigenvalue weighted by atomic mass is 10.1. The summed E-state index contributed by atoms with van der Waals surface area (Å²) in [4.78, 5) is 4.21. The Labute approximate surface area is 116 Å². The highest BCUT2D eigenvalue weighted by Crippen LogP contribution is 2.19. The summed E-state index contributed by atoms with van der Waals surface area (Å²) in [6.45, 7) is 4.20. The summed E-state index contributed by atoms with van der Waals surface area (Å²) in [7, 11) is 0. The molecule has 0 radical (unpaired) electrons. The van der Waals surface area contributed by atoms with E-state index in [4.69, 9.17) is 26.6 Å². The van der Waals surface area contributed by atoms with Gasteiger partial charge in [-0.3, -0.25) is 0 Å². The molecule has 2 N–H and O–H groups in total. The van der Waals surface area contributed by atoms with Gasteiger partial charge >= 0.3 is 0 Å². The lowest BCUT2D eigenvalue weighted by molar-refractivity contribution is 0.242. The third-order valence-electron chi connectivity index (χ3n) is 2.66. The van der Waals surface area contributed by atoms with E-state index in [1.165, 1.54) is 0 Å². The molecule has 0 spiro atoms. The number of benzene rings is 1. The second kappa shape index (κ2) is 6.04. The smallest absolute Gasteiger partial charge is 0.264 e. The highest BCUT2D eigenvalue weighted by atomic mass is 35.5. The summed E-state index contributed by atoms with van der Waals surface area (Å²) in [5.74, 6) is 1.80. The summed E-state index contributed by atoms with van der Waals surface area (Å²) in [5.41, 5.74) is 5.93. The van der Waals surface area contributed by atoms with Gasteiger partial charge in [0.2, 0.25) is 0 Å². The van der Waals surface area contributed by atoms with Crippen molar-refractivity contribution in [1.29, 1.82) is 0 Å². The van der Waals surface area contributed by atoms with Crippen LogP contribution in [0.15, 0.2) is 28.8 Å². The Hall–Kier alpha value is -1.59. The molecule has 1 atom stereocenters. The quantitative estimate of drug-likeness (QED) is 0.912. The van der Waals surface area contributed by atoms with E-state index in [-0.39, 0.29) is 18.6 Å². The number of aromatic nitrogens is 2. The second-order valence-electron chi connectivity index (χ2n) is 4.56. The number of hydrogen-bond acceptors (Lipinski definition) is 5. The fourth-order valence-corrected chi connectivity index (χ4v) is 1.64. The molecule has 1 aromatic carbocycles. The Morgan fingerprint density at radius 3 is 2.89 bits per heavy atom. The highest BCUT2D eigenvalue weighted by Gasteiger charge is 2.17. The van der Waals surface area contributed by atoms with Crippen LogP contribution in [0.25, 0.3) is 0 Å². The highest BCUT2D eigenvalue weighted by molar-refractivity contribution is 6.30. The molecular formula is C13H16ClN3O2. The first-order valence-electron chi connectivity index (χ1n) is 6.02. The van der Waals surface area contributed by atoms with Crippen molar-refractivity contribution in [2.24, 2.45) is 11.7 Å². The Bertz CT molecular complexity index is 542. The summed E-state index contributed by atoms with van der Waals surface area (Å²) >= 11 is 5.86. The van der Waals surface area contributed by atoms with E-state index < -0.39 is 0 Å². The van der Waals surface area contributed by atoms with Crippen LogP contribution in [0.2, 0.25) is 5.02 Å². The van der Waals surface area contributed by atoms with Crippen LogP contribution in [-0.4, -0.2) is 10.1 Å². The van der Waals surface area contributed by atoms with Crippen LogP contribution < -0.4 is 10.5 Å². The van der Waals surface area contributed by atoms with Crippen molar-refractivity contribution >= 4 is 11.6 Å². The minimum absolute atomic E-state index is 0.193. The number of ether oxygens (including phenoxy) is 1. The van der Waals surface area contributed by atoms with Crippen LogP contribution in [0.4, 0.5) is 0 Å². The van der Waals surface area contributed by atoms with Gasteiger partial charge in [0.25, 0.3) is 5.89 Å². The van der Waals surface area contributed by atoms with Gasteiger partial charge in [0.05, 0.1) is 6.04 Å². The molecule has 0 bridgehead atoms. The third-order valence-corrected chi connectivity index (χ3v) is 2.89. The van der Waals surface area contributed by atoms with Crippen LogP contribution in [0.1, 0.15) is 31.6 Å². The first kappa shape index (κ1) is 13.8. The molecule has 102 valence electrons. The van der Waals surface area contributed by atoms with Gasteiger partial charge in [-0.05, 0) is 24.1 Å². The fraction of sp³-hybridized carbons (Fsp3) is 0.385. The molecular weight excluding hydrogens is 266 g/mol. The normalized spacial score (nSPS) is 12.7. The predicted octanol–water partition coefficient (Wildman–Crippen LogP) is 2.96. The summed E-state index contributed by atoms with van der Waals surface area (Å²) in [6.07, 6.45) is 0. The molecule has 1 unspecified atom stereocenters. The standard InChI is InChI=1S/C13H16ClN3O2/c1-8(2)12(15)13-16-11(19-17-13)7-18-10-5-3-4-9(14)6-10/h3-6,8,12H,7,15H2,1-2H3. The summed E-state index contributed by atoms with van der Waals surface area (Å²) < 4.78 is 10.6. The third kappa shape index (κ3) is 3.68. The van der Waals surface area contributed by atoms with E-state index in [9.17, 15) is 0 Å². The van der Waals surface area contributed by atoms with Gasteiger partial charge in [0, 0.05) is 5.02 Å². The van der Waals surface area contributed by atoms with Gasteiger partial charge in [-0.25, -0.2) is 0 Å². The average molecular weight is 282 g/mol.